The zero-order valence-corrected chi connectivity index (χ0v) is 14.5. The van der Waals surface area contributed by atoms with Gasteiger partial charge in [0, 0.05) is 16.8 Å². The van der Waals surface area contributed by atoms with Crippen LogP contribution in [0.25, 0.3) is 0 Å². The summed E-state index contributed by atoms with van der Waals surface area (Å²) >= 11 is 5.75. The molecule has 1 heterocycles. The fraction of sp³-hybridized carbons (Fsp3) is 0.118. The lowest BCUT2D eigenvalue weighted by molar-refractivity contribution is -0.385. The molecule has 2 N–H and O–H groups in total. The van der Waals surface area contributed by atoms with Crippen LogP contribution in [0.5, 0.6) is 0 Å². The van der Waals surface area contributed by atoms with Crippen LogP contribution in [0.15, 0.2) is 42.5 Å². The third-order valence-corrected chi connectivity index (χ3v) is 4.10. The predicted octanol–water partition coefficient (Wildman–Crippen LogP) is 2.55. The Morgan fingerprint density at radius 1 is 1.26 bits per heavy atom. The van der Waals surface area contributed by atoms with Crippen molar-refractivity contribution in [3.8, 4) is 0 Å². The Labute approximate surface area is 158 Å². The van der Waals surface area contributed by atoms with Gasteiger partial charge in [-0.25, -0.2) is 4.79 Å². The number of nitrogens with zero attached hydrogens (tertiary/aromatic N) is 2. The number of nitrogens with one attached hydrogen (secondary N) is 2. The van der Waals surface area contributed by atoms with Gasteiger partial charge in [-0.05, 0) is 29.8 Å². The molecule has 0 aromatic heterocycles. The van der Waals surface area contributed by atoms with Crippen molar-refractivity contribution in [1.29, 1.82) is 0 Å². The Bertz CT molecular complexity index is 946. The molecule has 0 radical (unpaired) electrons. The van der Waals surface area contributed by atoms with Gasteiger partial charge in [-0.15, -0.1) is 0 Å². The Hall–Kier alpha value is -3.46. The van der Waals surface area contributed by atoms with E-state index in [1.54, 1.807) is 24.3 Å². The molecule has 1 saturated heterocycles. The van der Waals surface area contributed by atoms with Gasteiger partial charge in [-0.3, -0.25) is 24.6 Å². The SMILES string of the molecule is O=C(Nc1cccc(CN2C(=O)CNC2=O)c1)c1ccc(Cl)cc1[N+](=O)[O-]. The summed E-state index contributed by atoms with van der Waals surface area (Å²) in [6.07, 6.45) is 0. The molecule has 4 amide bonds. The van der Waals surface area contributed by atoms with Crippen LogP contribution in [0.2, 0.25) is 5.02 Å². The number of nitro benzene ring substituents is 1. The molecule has 2 aromatic carbocycles. The quantitative estimate of drug-likeness (QED) is 0.463. The smallest absolute Gasteiger partial charge is 0.324 e. The van der Waals surface area contributed by atoms with Crippen molar-refractivity contribution in [3.63, 3.8) is 0 Å². The van der Waals surface area contributed by atoms with Crippen LogP contribution in [0.4, 0.5) is 16.2 Å². The number of benzene rings is 2. The van der Waals surface area contributed by atoms with Gasteiger partial charge >= 0.3 is 6.03 Å². The first-order chi connectivity index (χ1) is 12.8. The maximum absolute atomic E-state index is 12.4. The number of carbonyl (C=O) groups excluding carboxylic acids is 3. The molecule has 1 fully saturated rings. The second kappa shape index (κ2) is 7.42. The number of halogens is 1. The van der Waals surface area contributed by atoms with E-state index >= 15 is 0 Å². The summed E-state index contributed by atoms with van der Waals surface area (Å²) in [5.41, 5.74) is 0.442. The van der Waals surface area contributed by atoms with Crippen LogP contribution in [0.3, 0.4) is 0 Å². The van der Waals surface area contributed by atoms with E-state index in [4.69, 9.17) is 11.6 Å². The minimum absolute atomic E-state index is 0.0461. The van der Waals surface area contributed by atoms with E-state index in [2.05, 4.69) is 10.6 Å². The molecule has 2 aromatic rings. The molecule has 27 heavy (non-hydrogen) atoms. The summed E-state index contributed by atoms with van der Waals surface area (Å²) in [7, 11) is 0. The molecular formula is C17H13ClN4O5. The number of hydrogen-bond donors (Lipinski definition) is 2. The second-order valence-electron chi connectivity index (χ2n) is 5.71. The zero-order chi connectivity index (χ0) is 19.6. The first-order valence-electron chi connectivity index (χ1n) is 7.77. The molecule has 1 aliphatic heterocycles. The van der Waals surface area contributed by atoms with Crippen molar-refractivity contribution in [2.45, 2.75) is 6.54 Å². The molecule has 0 bridgehead atoms. The minimum Gasteiger partial charge on any atom is -0.329 e. The van der Waals surface area contributed by atoms with Crippen molar-refractivity contribution in [1.82, 2.24) is 10.2 Å². The Kier molecular flexibility index (Phi) is 5.04. The summed E-state index contributed by atoms with van der Waals surface area (Å²) in [5.74, 6) is -1.02. The molecule has 0 spiro atoms. The van der Waals surface area contributed by atoms with Crippen molar-refractivity contribution >= 4 is 40.8 Å². The number of urea groups is 1. The molecule has 0 saturated carbocycles. The van der Waals surface area contributed by atoms with E-state index < -0.39 is 22.5 Å². The molecule has 0 atom stereocenters. The van der Waals surface area contributed by atoms with Gasteiger partial charge in [0.2, 0.25) is 5.91 Å². The Morgan fingerprint density at radius 2 is 2.04 bits per heavy atom. The van der Waals surface area contributed by atoms with Crippen LogP contribution in [0, 0.1) is 10.1 Å². The fourth-order valence-electron chi connectivity index (χ4n) is 2.59. The summed E-state index contributed by atoms with van der Waals surface area (Å²) in [5, 5.41) is 16.3. The van der Waals surface area contributed by atoms with Crippen molar-refractivity contribution in [3.05, 3.63) is 68.7 Å². The number of amides is 4. The third-order valence-electron chi connectivity index (χ3n) is 3.86. The molecule has 0 aliphatic carbocycles. The molecule has 1 aliphatic rings. The van der Waals surface area contributed by atoms with Gasteiger partial charge in [0.25, 0.3) is 11.6 Å². The number of carbonyl (C=O) groups is 3. The largest absolute Gasteiger partial charge is 0.329 e. The van der Waals surface area contributed by atoms with Crippen molar-refractivity contribution in [2.75, 3.05) is 11.9 Å². The average Bonchev–Trinajstić information content (AvgIpc) is 2.94. The summed E-state index contributed by atoms with van der Waals surface area (Å²) in [6, 6.07) is 9.78. The van der Waals surface area contributed by atoms with Gasteiger partial charge in [0.1, 0.15) is 5.56 Å². The lowest BCUT2D eigenvalue weighted by Gasteiger charge is -2.13. The van der Waals surface area contributed by atoms with E-state index in [-0.39, 0.29) is 29.6 Å². The number of hydrogen-bond acceptors (Lipinski definition) is 5. The van der Waals surface area contributed by atoms with Crippen LogP contribution in [0.1, 0.15) is 15.9 Å². The highest BCUT2D eigenvalue weighted by Crippen LogP contribution is 2.24. The van der Waals surface area contributed by atoms with E-state index in [0.29, 0.717) is 11.3 Å². The fourth-order valence-corrected chi connectivity index (χ4v) is 2.76. The number of imide groups is 1. The van der Waals surface area contributed by atoms with Gasteiger partial charge < -0.3 is 10.6 Å². The average molecular weight is 389 g/mol. The molecular weight excluding hydrogens is 376 g/mol. The van der Waals surface area contributed by atoms with E-state index in [9.17, 15) is 24.5 Å². The van der Waals surface area contributed by atoms with Crippen molar-refractivity contribution < 1.29 is 19.3 Å². The van der Waals surface area contributed by atoms with Gasteiger partial charge in [-0.1, -0.05) is 23.7 Å². The van der Waals surface area contributed by atoms with Crippen LogP contribution in [-0.2, 0) is 11.3 Å². The van der Waals surface area contributed by atoms with Crippen molar-refractivity contribution in [2.24, 2.45) is 0 Å². The third kappa shape index (κ3) is 4.04. The molecule has 138 valence electrons. The topological polar surface area (TPSA) is 122 Å². The highest BCUT2D eigenvalue weighted by atomic mass is 35.5. The van der Waals surface area contributed by atoms with Crippen LogP contribution < -0.4 is 10.6 Å². The standard InChI is InChI=1S/C17H13ClN4O5/c18-11-4-5-13(14(7-11)22(26)27)16(24)20-12-3-1-2-10(6-12)9-21-15(23)8-19-17(21)25/h1-7H,8-9H2,(H,19,25)(H,20,24). The highest BCUT2D eigenvalue weighted by molar-refractivity contribution is 6.31. The number of rotatable bonds is 5. The van der Waals surface area contributed by atoms with E-state index in [0.717, 1.165) is 11.0 Å². The Balaban J connectivity index is 1.79. The summed E-state index contributed by atoms with van der Waals surface area (Å²) in [6.45, 7) is 0.00492. The zero-order valence-electron chi connectivity index (χ0n) is 13.8. The molecule has 3 rings (SSSR count). The first kappa shape index (κ1) is 18.3. The maximum Gasteiger partial charge on any atom is 0.324 e. The van der Waals surface area contributed by atoms with E-state index in [1.807, 2.05) is 0 Å². The monoisotopic (exact) mass is 388 g/mol. The molecule has 10 heteroatoms. The number of nitro groups is 1. The lowest BCUT2D eigenvalue weighted by atomic mass is 10.1. The van der Waals surface area contributed by atoms with E-state index in [1.165, 1.54) is 12.1 Å². The van der Waals surface area contributed by atoms with Crippen LogP contribution >= 0.6 is 11.6 Å². The maximum atomic E-state index is 12.4. The molecule has 9 nitrogen and oxygen atoms in total. The lowest BCUT2D eigenvalue weighted by Crippen LogP contribution is -2.30. The predicted molar refractivity (Wildman–Crippen MR) is 96.5 cm³/mol. The molecule has 0 unspecified atom stereocenters. The highest BCUT2D eigenvalue weighted by Gasteiger charge is 2.28. The van der Waals surface area contributed by atoms with Crippen LogP contribution in [-0.4, -0.2) is 34.2 Å². The summed E-state index contributed by atoms with van der Waals surface area (Å²) < 4.78 is 0. The second-order valence-corrected chi connectivity index (χ2v) is 6.15. The first-order valence-corrected chi connectivity index (χ1v) is 8.15. The summed E-state index contributed by atoms with van der Waals surface area (Å²) in [4.78, 5) is 47.2. The minimum atomic E-state index is -0.686. The number of anilines is 1. The van der Waals surface area contributed by atoms with Gasteiger partial charge in [0.05, 0.1) is 18.0 Å². The van der Waals surface area contributed by atoms with Gasteiger partial charge in [-0.2, -0.15) is 0 Å². The van der Waals surface area contributed by atoms with Gasteiger partial charge in [0.15, 0.2) is 0 Å². The normalized spacial score (nSPS) is 13.4. The Morgan fingerprint density at radius 3 is 2.70 bits per heavy atom.